The maximum Gasteiger partial charge on any atom is -0.201 e. The van der Waals surface area contributed by atoms with Gasteiger partial charge in [0, 0.05) is 0 Å². The van der Waals surface area contributed by atoms with Crippen LogP contribution in [0.2, 0.25) is 0 Å². The van der Waals surface area contributed by atoms with Crippen LogP contribution < -0.4 is 16.6 Å². The van der Waals surface area contributed by atoms with Crippen LogP contribution in [0.3, 0.4) is 0 Å². The van der Waals surface area contributed by atoms with Crippen molar-refractivity contribution in [1.29, 1.82) is 0 Å². The summed E-state index contributed by atoms with van der Waals surface area (Å²) >= 11 is 4.05. The molecule has 0 aliphatic carbocycles. The van der Waals surface area contributed by atoms with Crippen LogP contribution in [-0.4, -0.2) is 5.21 Å². The van der Waals surface area contributed by atoms with E-state index in [0.717, 1.165) is 4.83 Å². The molecule has 5 heavy (non-hydrogen) atoms. The maximum absolute atomic E-state index is 6.50. The van der Waals surface area contributed by atoms with E-state index < -0.39 is 0 Å². The first-order valence-electron chi connectivity index (χ1n) is 0.827. The Labute approximate surface area is 35.6 Å². The molecule has 0 radical (unpaired) electrons. The Kier molecular flexibility index (Phi) is 53.9. The standard InChI is InChI=1S/H4N2S.H3NO/c1-2-3;1-2/h1-2H2;2H,1H2. The highest BCUT2D eigenvalue weighted by Crippen LogP contribution is 0.540. The van der Waals surface area contributed by atoms with Crippen LogP contribution in [-0.2, 0) is 12.8 Å². The lowest BCUT2D eigenvalue weighted by Crippen LogP contribution is -2.85. The molecule has 0 fully saturated rings. The van der Waals surface area contributed by atoms with Crippen LogP contribution in [0.5, 0.6) is 0 Å². The number of hydrogen-bond acceptors (Lipinski definition) is 4. The lowest BCUT2D eigenvalue weighted by atomic mass is 13.0. The van der Waals surface area contributed by atoms with Gasteiger partial charge in [-0.25, -0.2) is 11.7 Å². The van der Waals surface area contributed by atoms with Gasteiger partial charge in [-0.15, -0.1) is 0 Å². The van der Waals surface area contributed by atoms with E-state index >= 15 is 0 Å². The van der Waals surface area contributed by atoms with Gasteiger partial charge in [-0.2, -0.15) is 0 Å². The van der Waals surface area contributed by atoms with Gasteiger partial charge < -0.3 is 22.9 Å². The van der Waals surface area contributed by atoms with Gasteiger partial charge in [-0.3, -0.25) is 0 Å². The Balaban J connectivity index is 0. The zero-order chi connectivity index (χ0) is 4.71. The van der Waals surface area contributed by atoms with Crippen LogP contribution in [0.4, 0.5) is 0 Å². The monoisotopic (exact) mass is 97.0 g/mol. The smallest absolute Gasteiger partial charge is 0.201 e. The van der Waals surface area contributed by atoms with Crippen LogP contribution in [0.15, 0.2) is 0 Å². The van der Waals surface area contributed by atoms with Crippen molar-refractivity contribution in [2.24, 2.45) is 11.7 Å². The maximum atomic E-state index is 6.50. The predicted octanol–water partition coefficient (Wildman–Crippen LogP) is -2.78. The minimum atomic E-state index is 1.08. The van der Waals surface area contributed by atoms with Crippen molar-refractivity contribution in [2.75, 3.05) is 0 Å². The molecule has 0 aliphatic rings. The fourth-order valence-electron chi connectivity index (χ4n) is 0. The summed E-state index contributed by atoms with van der Waals surface area (Å²) in [5.41, 5.74) is 0. The van der Waals surface area contributed by atoms with E-state index in [1.54, 1.807) is 0 Å². The van der Waals surface area contributed by atoms with Crippen molar-refractivity contribution in [3.8, 4) is 0 Å². The van der Waals surface area contributed by atoms with E-state index in [9.17, 15) is 0 Å². The minimum Gasteiger partial charge on any atom is -0.474 e. The fourth-order valence-corrected chi connectivity index (χ4v) is 0. The van der Waals surface area contributed by atoms with E-state index in [-0.39, 0.29) is 0 Å². The summed E-state index contributed by atoms with van der Waals surface area (Å²) in [6.45, 7) is 0. The van der Waals surface area contributed by atoms with Crippen molar-refractivity contribution in [1.82, 2.24) is 0 Å². The second kappa shape index (κ2) is 30.1. The number of hydrogen-bond donors (Lipinski definition) is 4. The Morgan fingerprint density at radius 1 is 1.60 bits per heavy atom. The van der Waals surface area contributed by atoms with Crippen LogP contribution in [0.25, 0.3) is 0 Å². The quantitative estimate of drug-likeness (QED) is 0.149. The van der Waals surface area contributed by atoms with Gasteiger partial charge in [0.25, 0.3) is 0 Å². The molecular weight excluding hydrogens is 90.1 g/mol. The average molecular weight is 97.1 g/mol. The van der Waals surface area contributed by atoms with E-state index in [2.05, 4.69) is 24.6 Å². The molecule has 0 aromatic carbocycles. The lowest BCUT2D eigenvalue weighted by molar-refractivity contribution is -0.491. The first kappa shape index (κ1) is 8.95. The van der Waals surface area contributed by atoms with Gasteiger partial charge in [0.15, 0.2) is 0 Å². The van der Waals surface area contributed by atoms with E-state index in [1.807, 2.05) is 0 Å². The van der Waals surface area contributed by atoms with Crippen molar-refractivity contribution in [2.45, 2.75) is 0 Å². The van der Waals surface area contributed by atoms with Gasteiger partial charge in [-0.1, -0.05) is 0 Å². The fraction of sp³-hybridized carbons (Fsp3) is 0. The molecule has 34 valence electrons. The van der Waals surface area contributed by atoms with Gasteiger partial charge in [0.1, 0.15) is 0 Å². The molecule has 0 unspecified atom stereocenters. The van der Waals surface area contributed by atoms with E-state index in [0.29, 0.717) is 0 Å². The summed E-state index contributed by atoms with van der Waals surface area (Å²) in [7, 11) is 0. The minimum absolute atomic E-state index is 1.08. The molecule has 0 aliphatic heterocycles. The zero-order valence-electron chi connectivity index (χ0n) is 2.59. The van der Waals surface area contributed by atoms with Gasteiger partial charge >= 0.3 is 0 Å². The largest absolute Gasteiger partial charge is 0.474 e. The third kappa shape index (κ3) is 557. The Bertz CT molecular complexity index is 6.85. The van der Waals surface area contributed by atoms with Crippen molar-refractivity contribution < 1.29 is 10.0 Å². The molecule has 0 saturated heterocycles. The molecule has 7 N–H and O–H groups in total. The van der Waals surface area contributed by atoms with Crippen molar-refractivity contribution in [3.05, 3.63) is 0 Å². The number of nitrogens with two attached hydrogens (primary N) is 3. The summed E-state index contributed by atoms with van der Waals surface area (Å²) < 4.78 is 0. The topological polar surface area (TPSA) is 88.9 Å². The SMILES string of the molecule is NO.N[NH2+][S-]. The summed E-state index contributed by atoms with van der Waals surface area (Å²) in [5.74, 6) is 8.04. The number of quaternary nitrogens is 1. The molecule has 0 aromatic heterocycles. The second-order valence-electron chi connectivity index (χ2n) is 0.136. The lowest BCUT2D eigenvalue weighted by Gasteiger charge is -1.78. The molecule has 0 bridgehead atoms. The Morgan fingerprint density at radius 3 is 1.60 bits per heavy atom. The highest BCUT2D eigenvalue weighted by Gasteiger charge is 1.06. The molecule has 0 aromatic rings. The van der Waals surface area contributed by atoms with Gasteiger partial charge in [-0.05, 0) is 0 Å². The summed E-state index contributed by atoms with van der Waals surface area (Å²) in [6, 6.07) is 0. The summed E-state index contributed by atoms with van der Waals surface area (Å²) in [6.07, 6.45) is 0. The normalized spacial score (nSPS) is 4.80. The second-order valence-corrected chi connectivity index (χ2v) is 0.408. The summed E-state index contributed by atoms with van der Waals surface area (Å²) in [4.78, 5) is 1.08. The Hall–Kier alpha value is 0.190. The van der Waals surface area contributed by atoms with E-state index in [4.69, 9.17) is 5.21 Å². The molecule has 0 heterocycles. The molecule has 0 atom stereocenters. The molecule has 0 amide bonds. The first-order chi connectivity index (χ1) is 2.41. The van der Waals surface area contributed by atoms with Crippen molar-refractivity contribution in [3.63, 3.8) is 0 Å². The Morgan fingerprint density at radius 2 is 1.60 bits per heavy atom. The number of rotatable bonds is 0. The first-order valence-corrected chi connectivity index (χ1v) is 1.30. The molecule has 0 rings (SSSR count). The van der Waals surface area contributed by atoms with Crippen LogP contribution >= 0.6 is 0 Å². The van der Waals surface area contributed by atoms with Crippen LogP contribution in [0, 0.1) is 0 Å². The zero-order valence-corrected chi connectivity index (χ0v) is 3.40. The highest BCUT2D eigenvalue weighted by atomic mass is 32.1. The molecular formula is H7N3OS. The van der Waals surface area contributed by atoms with Crippen LogP contribution in [0.1, 0.15) is 0 Å². The third-order valence-electron chi connectivity index (χ3n) is 0. The highest BCUT2D eigenvalue weighted by molar-refractivity contribution is 7.50. The summed E-state index contributed by atoms with van der Waals surface area (Å²) in [5, 5.41) is 6.50. The average Bonchev–Trinajstić information content (AvgIpc) is 1.46. The predicted molar refractivity (Wildman–Crippen MR) is 19.5 cm³/mol. The van der Waals surface area contributed by atoms with E-state index in [1.165, 1.54) is 0 Å². The molecule has 4 nitrogen and oxygen atoms in total. The molecule has 0 saturated carbocycles. The molecule has 5 heteroatoms. The third-order valence-corrected chi connectivity index (χ3v) is 0. The van der Waals surface area contributed by atoms with Gasteiger partial charge in [0.2, 0.25) is 0 Å². The van der Waals surface area contributed by atoms with Crippen molar-refractivity contribution >= 4 is 12.8 Å². The van der Waals surface area contributed by atoms with Gasteiger partial charge in [0.05, 0.1) is 0 Å². The molecule has 0 spiro atoms.